The van der Waals surface area contributed by atoms with Crippen molar-refractivity contribution < 1.29 is 47.2 Å². The number of ether oxygens (including phenoxy) is 2. The molecule has 7 heterocycles. The third-order valence-electron chi connectivity index (χ3n) is 7.37. The minimum atomic E-state index is -4.46. The molecule has 0 amide bonds. The Hall–Kier alpha value is -2.83. The van der Waals surface area contributed by atoms with Crippen molar-refractivity contribution in [2.75, 3.05) is 24.7 Å². The molecule has 4 aromatic rings. The van der Waals surface area contributed by atoms with Gasteiger partial charge >= 0.3 is 6.72 Å². The van der Waals surface area contributed by atoms with E-state index in [2.05, 4.69) is 29.9 Å². The van der Waals surface area contributed by atoms with E-state index < -0.39 is 86.9 Å². The third-order valence-corrected chi connectivity index (χ3v) is 10.5. The van der Waals surface area contributed by atoms with Crippen molar-refractivity contribution in [1.82, 2.24) is 39.0 Å². The van der Waals surface area contributed by atoms with E-state index in [9.17, 15) is 29.3 Å². The van der Waals surface area contributed by atoms with Gasteiger partial charge in [0.2, 0.25) is 11.9 Å². The fourth-order valence-corrected chi connectivity index (χ4v) is 8.26. The molecule has 22 nitrogen and oxygen atoms in total. The molecule has 9 N–H and O–H groups in total. The van der Waals surface area contributed by atoms with Crippen LogP contribution in [0.4, 0.5) is 11.9 Å². The smallest absolute Gasteiger partial charge is 0.325 e. The maximum atomic E-state index is 13.4. The molecule has 10 atom stereocenters. The molecule has 7 rings (SSSR count). The second kappa shape index (κ2) is 11.4. The normalized spacial score (nSPS) is 37.1. The highest BCUT2D eigenvalue weighted by atomic mass is 32.7. The summed E-state index contributed by atoms with van der Waals surface area (Å²) in [5.41, 5.74) is 9.75. The Labute approximate surface area is 264 Å². The lowest BCUT2D eigenvalue weighted by atomic mass is 10.1. The second-order valence-corrected chi connectivity index (χ2v) is 15.8. The first-order valence-electron chi connectivity index (χ1n) is 13.1. The molecule has 0 saturated carbocycles. The monoisotopic (exact) mass is 721 g/mol. The van der Waals surface area contributed by atoms with Crippen LogP contribution >= 0.6 is 13.5 Å². The highest BCUT2D eigenvalue weighted by Gasteiger charge is 2.52. The number of hydrogen-bond donors (Lipinski definition) is 7. The lowest BCUT2D eigenvalue weighted by Gasteiger charge is -2.33. The van der Waals surface area contributed by atoms with Crippen molar-refractivity contribution in [2.45, 2.75) is 49.1 Å². The van der Waals surface area contributed by atoms with Crippen LogP contribution in [-0.2, 0) is 56.2 Å². The Morgan fingerprint density at radius 2 is 1.33 bits per heavy atom. The molecular weight excluding hydrogens is 698 g/mol. The summed E-state index contributed by atoms with van der Waals surface area (Å²) in [5, 5.41) is 22.5. The van der Waals surface area contributed by atoms with Crippen LogP contribution in [0.1, 0.15) is 12.5 Å². The number of fused-ring (bicyclic) bond motifs is 4. The molecule has 3 aliphatic heterocycles. The molecule has 0 aliphatic carbocycles. The zero-order valence-corrected chi connectivity index (χ0v) is 26.2. The quantitative estimate of drug-likeness (QED) is 0.0839. The number of rotatable bonds is 2. The third kappa shape index (κ3) is 5.57. The van der Waals surface area contributed by atoms with Crippen molar-refractivity contribution in [2.24, 2.45) is 0 Å². The summed E-state index contributed by atoms with van der Waals surface area (Å²) in [6, 6.07) is 0. The fourth-order valence-electron chi connectivity index (χ4n) is 5.38. The van der Waals surface area contributed by atoms with Gasteiger partial charge in [0.15, 0.2) is 41.6 Å². The maximum absolute atomic E-state index is 13.4. The van der Waals surface area contributed by atoms with E-state index >= 15 is 0 Å². The molecule has 0 radical (unpaired) electrons. The van der Waals surface area contributed by atoms with Crippen LogP contribution in [-0.4, -0.2) is 104 Å². The highest BCUT2D eigenvalue weighted by molar-refractivity contribution is 8.32. The number of nitrogens with one attached hydrogen (secondary N) is 2. The number of nitrogen functional groups attached to an aromatic ring is 2. The van der Waals surface area contributed by atoms with E-state index in [0.717, 1.165) is 6.33 Å². The molecule has 248 valence electrons. The van der Waals surface area contributed by atoms with Gasteiger partial charge < -0.3 is 61.9 Å². The maximum Gasteiger partial charge on any atom is 0.325 e. The summed E-state index contributed by atoms with van der Waals surface area (Å²) >= 11 is 10.3. The first-order chi connectivity index (χ1) is 21.7. The van der Waals surface area contributed by atoms with Crippen molar-refractivity contribution in [3.8, 4) is 0 Å². The first-order valence-corrected chi connectivity index (χ1v) is 18.3. The summed E-state index contributed by atoms with van der Waals surface area (Å²) in [6.45, 7) is -9.92. The number of hydrogen-bond acceptors (Lipinski definition) is 19. The van der Waals surface area contributed by atoms with Crippen LogP contribution in [0.25, 0.3) is 22.3 Å². The van der Waals surface area contributed by atoms with Crippen molar-refractivity contribution in [3.05, 3.63) is 33.4 Å². The van der Waals surface area contributed by atoms with Gasteiger partial charge in [0.1, 0.15) is 36.6 Å². The highest BCUT2D eigenvalue weighted by Crippen LogP contribution is 2.54. The summed E-state index contributed by atoms with van der Waals surface area (Å²) in [7, 11) is 0. The topological polar surface area (TPSA) is 312 Å². The van der Waals surface area contributed by atoms with Crippen LogP contribution in [0.5, 0.6) is 0 Å². The van der Waals surface area contributed by atoms with Gasteiger partial charge in [0.05, 0.1) is 25.9 Å². The summed E-state index contributed by atoms with van der Waals surface area (Å²) < 4.78 is 49.8. The number of anilines is 2. The summed E-state index contributed by atoms with van der Waals surface area (Å²) in [6.07, 6.45) is -9.15. The van der Waals surface area contributed by atoms with E-state index in [1.54, 1.807) is 0 Å². The number of imidazole rings is 2. The van der Waals surface area contributed by atoms with E-state index in [1.165, 1.54) is 15.5 Å². The molecule has 0 bridgehead atoms. The molecule has 26 heteroatoms. The molecule has 46 heavy (non-hydrogen) atoms. The molecule has 4 aromatic heterocycles. The van der Waals surface area contributed by atoms with Crippen LogP contribution in [0, 0.1) is 0 Å². The van der Waals surface area contributed by atoms with Crippen LogP contribution in [0.15, 0.2) is 22.2 Å². The first kappa shape index (κ1) is 31.8. The van der Waals surface area contributed by atoms with Gasteiger partial charge in [0.25, 0.3) is 11.1 Å². The molecule has 3 saturated heterocycles. The largest absolute Gasteiger partial charge is 0.660 e. The summed E-state index contributed by atoms with van der Waals surface area (Å²) in [4.78, 5) is 56.2. The number of aliphatic hydroxyl groups excluding tert-OH is 2. The van der Waals surface area contributed by atoms with E-state index in [-0.39, 0.29) is 34.2 Å². The van der Waals surface area contributed by atoms with E-state index in [4.69, 9.17) is 63.1 Å². The molecular formula is C20H23N10O12P2S2-. The van der Waals surface area contributed by atoms with Crippen LogP contribution in [0.2, 0.25) is 0 Å². The van der Waals surface area contributed by atoms with Gasteiger partial charge in [-0.3, -0.25) is 37.8 Å². The molecule has 3 fully saturated rings. The Balaban J connectivity index is 1.18. The van der Waals surface area contributed by atoms with Crippen LogP contribution < -0.4 is 22.6 Å². The van der Waals surface area contributed by atoms with Crippen molar-refractivity contribution in [3.63, 3.8) is 0 Å². The molecule has 3 aliphatic rings. The molecule has 2 unspecified atom stereocenters. The van der Waals surface area contributed by atoms with Gasteiger partial charge in [-0.05, 0) is 11.8 Å². The van der Waals surface area contributed by atoms with Crippen molar-refractivity contribution in [1.29, 1.82) is 0 Å². The predicted octanol–water partition coefficient (Wildman–Crippen LogP) is -2.38. The molecule has 0 aromatic carbocycles. The van der Waals surface area contributed by atoms with Gasteiger partial charge in [-0.2, -0.15) is 9.97 Å². The van der Waals surface area contributed by atoms with E-state index in [1.807, 2.05) is 0 Å². The minimum absolute atomic E-state index is 0.0397. The Morgan fingerprint density at radius 3 is 1.83 bits per heavy atom. The summed E-state index contributed by atoms with van der Waals surface area (Å²) in [5.74, 6) is -0.458. The zero-order valence-electron chi connectivity index (χ0n) is 22.8. The molecule has 0 spiro atoms. The second-order valence-electron chi connectivity index (χ2n) is 10.3. The number of aliphatic hydroxyl groups is 2. The zero-order chi connectivity index (χ0) is 32.7. The lowest BCUT2D eigenvalue weighted by molar-refractivity contribution is -0.0577. The number of aromatic nitrogens is 8. The van der Waals surface area contributed by atoms with E-state index in [0.29, 0.717) is 0 Å². The minimum Gasteiger partial charge on any atom is -0.660 e. The number of nitrogens with two attached hydrogens (primary N) is 2. The lowest BCUT2D eigenvalue weighted by Crippen LogP contribution is -2.39. The number of H-pyrrole nitrogens is 2. The van der Waals surface area contributed by atoms with Gasteiger partial charge in [-0.25, -0.2) is 9.97 Å². The average molecular weight is 722 g/mol. The fraction of sp³-hybridized carbons (Fsp3) is 0.500. The Morgan fingerprint density at radius 1 is 0.870 bits per heavy atom. The van der Waals surface area contributed by atoms with Gasteiger partial charge in [-0.1, -0.05) is 0 Å². The number of aromatic amines is 2. The Bertz CT molecular complexity index is 1910. The number of nitrogens with zero attached hydrogens (tertiary/aromatic N) is 6. The predicted molar refractivity (Wildman–Crippen MR) is 158 cm³/mol. The average Bonchev–Trinajstić information content (AvgIpc) is 3.72. The Kier molecular flexibility index (Phi) is 7.87. The van der Waals surface area contributed by atoms with Gasteiger partial charge in [-0.15, -0.1) is 0 Å². The van der Waals surface area contributed by atoms with Crippen molar-refractivity contribution >= 4 is 71.8 Å². The van der Waals surface area contributed by atoms with Crippen LogP contribution in [0.3, 0.4) is 0 Å². The standard InChI is InChI=1S/C20H24N10O12P2S2/c21-19-25-13-7(15(33)27-19)23-3-29(13)17-9(31)11-5(39-17)1-37-43(35,45)42-12-6(2-38-44(36,46)41-11)40-18(10(12)32)30-4-24-8-14(30)26-20(22)28-16(8)34/h3-6,9-12,17-18,31-32H,1-2H2,(H,35,45)(H,36,46)(H3,21,25,27,33)(H3,22,26,28,34)/p-1/t5-,6-,9-,10-,11-,12-,17-,18-,43?,44?/m1/s1. The SMILES string of the molecule is Nc1nc2c(ncn2[C@@H]2O[C@@H]3COP(O)(=S)O[C@H]4[C@@H](O)[C@H](n5cnc6c(=O)[nH]c(N)nc65)O[C@@H]4COP(=O)([S-])O[C@H]3[C@H]2O)c(=O)[nH]1. The van der Waals surface area contributed by atoms with Gasteiger partial charge in [0, 0.05) is 0 Å².